The molecule has 0 aliphatic carbocycles. The maximum atomic E-state index is 13.9. The topological polar surface area (TPSA) is 86.8 Å². The van der Waals surface area contributed by atoms with Crippen molar-refractivity contribution in [1.82, 2.24) is 10.2 Å². The molecule has 0 saturated carbocycles. The van der Waals surface area contributed by atoms with Crippen molar-refractivity contribution in [2.24, 2.45) is 0 Å². The average Bonchev–Trinajstić information content (AvgIpc) is 2.93. The van der Waals surface area contributed by atoms with Crippen molar-refractivity contribution in [2.45, 2.75) is 58.5 Å². The Balaban J connectivity index is 1.86. The highest BCUT2D eigenvalue weighted by Gasteiger charge is 2.30. The van der Waals surface area contributed by atoms with Crippen molar-refractivity contribution < 1.29 is 18.0 Å². The van der Waals surface area contributed by atoms with Crippen LogP contribution in [0, 0.1) is 6.92 Å². The number of carbonyl (C=O) groups excluding carboxylic acids is 2. The van der Waals surface area contributed by atoms with E-state index in [1.165, 1.54) is 10.6 Å². The number of carbonyl (C=O) groups is 2. The minimum Gasteiger partial charge on any atom is -0.354 e. The van der Waals surface area contributed by atoms with E-state index < -0.39 is 16.1 Å². The van der Waals surface area contributed by atoms with Crippen LogP contribution in [0.1, 0.15) is 49.3 Å². The molecular weight excluding hydrogens is 602 g/mol. The third kappa shape index (κ3) is 10.3. The zero-order valence-electron chi connectivity index (χ0n) is 24.1. The van der Waals surface area contributed by atoms with Gasteiger partial charge in [0.25, 0.3) is 0 Å². The molecule has 220 valence electrons. The van der Waals surface area contributed by atoms with Crippen molar-refractivity contribution in [2.75, 3.05) is 23.7 Å². The molecule has 1 atom stereocenters. The number of aryl methyl sites for hydroxylation is 1. The van der Waals surface area contributed by atoms with Crippen LogP contribution in [0.5, 0.6) is 0 Å². The summed E-state index contributed by atoms with van der Waals surface area (Å²) in [6.45, 7) is 4.96. The van der Waals surface area contributed by atoms with Gasteiger partial charge in [0.1, 0.15) is 6.04 Å². The van der Waals surface area contributed by atoms with Gasteiger partial charge in [-0.1, -0.05) is 89.4 Å². The number of rotatable bonds is 15. The van der Waals surface area contributed by atoms with Gasteiger partial charge in [0.2, 0.25) is 21.8 Å². The number of hydrogen-bond acceptors (Lipinski definition) is 4. The Kier molecular flexibility index (Phi) is 12.4. The lowest BCUT2D eigenvalue weighted by atomic mass is 10.0. The summed E-state index contributed by atoms with van der Waals surface area (Å²) in [5.41, 5.74) is 3.44. The van der Waals surface area contributed by atoms with Gasteiger partial charge in [-0.2, -0.15) is 0 Å². The number of unbranched alkanes of at least 4 members (excludes halogenated alkanes) is 1. The molecule has 0 bridgehead atoms. The lowest BCUT2D eigenvalue weighted by Gasteiger charge is -2.32. The maximum absolute atomic E-state index is 13.9. The van der Waals surface area contributed by atoms with Gasteiger partial charge in [0, 0.05) is 36.9 Å². The van der Waals surface area contributed by atoms with Crippen LogP contribution in [0.3, 0.4) is 0 Å². The minimum atomic E-state index is -3.55. The Morgan fingerprint density at radius 1 is 0.927 bits per heavy atom. The predicted octanol–water partition coefficient (Wildman–Crippen LogP) is 5.86. The number of halogens is 1. The molecule has 0 radical (unpaired) electrons. The van der Waals surface area contributed by atoms with Gasteiger partial charge in [0.05, 0.1) is 11.9 Å². The van der Waals surface area contributed by atoms with Crippen LogP contribution in [0.15, 0.2) is 83.3 Å². The summed E-state index contributed by atoms with van der Waals surface area (Å²) < 4.78 is 27.4. The van der Waals surface area contributed by atoms with E-state index in [0.717, 1.165) is 34.0 Å². The monoisotopic (exact) mass is 641 g/mol. The van der Waals surface area contributed by atoms with Crippen LogP contribution >= 0.6 is 15.9 Å². The van der Waals surface area contributed by atoms with Crippen molar-refractivity contribution in [3.8, 4) is 0 Å². The predicted molar refractivity (Wildman–Crippen MR) is 169 cm³/mol. The Labute approximate surface area is 253 Å². The lowest BCUT2D eigenvalue weighted by Crippen LogP contribution is -2.50. The number of hydrogen-bond donors (Lipinski definition) is 1. The fourth-order valence-electron chi connectivity index (χ4n) is 4.61. The van der Waals surface area contributed by atoms with Gasteiger partial charge < -0.3 is 10.2 Å². The van der Waals surface area contributed by atoms with E-state index in [1.807, 2.05) is 73.7 Å². The zero-order chi connectivity index (χ0) is 29.8. The number of amides is 2. The standard InChI is InChI=1S/C32H40BrN3O4S/c1-4-5-20-34-32(38)30(23-26-11-7-6-8-12-26)35(24-27-13-9-14-28(33)22-27)31(37)15-10-21-36(41(3,39)40)29-18-16-25(2)17-19-29/h6-9,11-14,16-19,22,30H,4-5,10,15,20-21,23-24H2,1-3H3,(H,34,38)/t30-/m0/s1. The van der Waals surface area contributed by atoms with Crippen LogP contribution in [0.2, 0.25) is 0 Å². The fourth-order valence-corrected chi connectivity index (χ4v) is 6.02. The molecule has 7 nitrogen and oxygen atoms in total. The molecule has 0 aromatic heterocycles. The van der Waals surface area contributed by atoms with Gasteiger partial charge in [-0.05, 0) is 55.2 Å². The number of nitrogens with one attached hydrogen (secondary N) is 1. The molecule has 0 aliphatic rings. The molecule has 0 saturated heterocycles. The van der Waals surface area contributed by atoms with Gasteiger partial charge in [0.15, 0.2) is 0 Å². The van der Waals surface area contributed by atoms with E-state index in [-0.39, 0.29) is 31.3 Å². The second kappa shape index (κ2) is 15.7. The van der Waals surface area contributed by atoms with Crippen LogP contribution < -0.4 is 9.62 Å². The lowest BCUT2D eigenvalue weighted by molar-refractivity contribution is -0.141. The zero-order valence-corrected chi connectivity index (χ0v) is 26.5. The van der Waals surface area contributed by atoms with Crippen LogP contribution in [0.4, 0.5) is 5.69 Å². The van der Waals surface area contributed by atoms with Gasteiger partial charge in [-0.25, -0.2) is 8.42 Å². The molecular formula is C32H40BrN3O4S. The first-order chi connectivity index (χ1) is 19.6. The molecule has 3 aromatic rings. The van der Waals surface area contributed by atoms with Gasteiger partial charge in [-0.3, -0.25) is 13.9 Å². The normalized spacial score (nSPS) is 12.0. The van der Waals surface area contributed by atoms with Crippen molar-refractivity contribution in [3.63, 3.8) is 0 Å². The third-order valence-electron chi connectivity index (χ3n) is 6.82. The van der Waals surface area contributed by atoms with Crippen molar-refractivity contribution in [1.29, 1.82) is 0 Å². The smallest absolute Gasteiger partial charge is 0.243 e. The molecule has 0 spiro atoms. The number of anilines is 1. The maximum Gasteiger partial charge on any atom is 0.243 e. The summed E-state index contributed by atoms with van der Waals surface area (Å²) in [6.07, 6.45) is 3.75. The van der Waals surface area contributed by atoms with E-state index >= 15 is 0 Å². The summed E-state index contributed by atoms with van der Waals surface area (Å²) >= 11 is 3.51. The molecule has 0 fully saturated rings. The highest BCUT2D eigenvalue weighted by molar-refractivity contribution is 9.10. The number of nitrogens with zero attached hydrogens (tertiary/aromatic N) is 2. The summed E-state index contributed by atoms with van der Waals surface area (Å²) in [5, 5.41) is 3.03. The number of sulfonamides is 1. The minimum absolute atomic E-state index is 0.0966. The van der Waals surface area contributed by atoms with Gasteiger partial charge >= 0.3 is 0 Å². The molecule has 2 amide bonds. The highest BCUT2D eigenvalue weighted by Crippen LogP contribution is 2.21. The molecule has 3 rings (SSSR count). The van der Waals surface area contributed by atoms with E-state index in [9.17, 15) is 18.0 Å². The molecule has 0 heterocycles. The van der Waals surface area contributed by atoms with Crippen LogP contribution in [0.25, 0.3) is 0 Å². The summed E-state index contributed by atoms with van der Waals surface area (Å²) in [6, 6.07) is 23.9. The fraction of sp³-hybridized carbons (Fsp3) is 0.375. The first-order valence-electron chi connectivity index (χ1n) is 14.0. The Hall–Kier alpha value is -3.17. The molecule has 41 heavy (non-hydrogen) atoms. The largest absolute Gasteiger partial charge is 0.354 e. The van der Waals surface area contributed by atoms with Crippen molar-refractivity contribution in [3.05, 3.63) is 100 Å². The molecule has 9 heteroatoms. The highest BCUT2D eigenvalue weighted by atomic mass is 79.9. The first kappa shape index (κ1) is 32.3. The first-order valence-corrected chi connectivity index (χ1v) is 16.6. The Morgan fingerprint density at radius 3 is 2.24 bits per heavy atom. The van der Waals surface area contributed by atoms with E-state index in [1.54, 1.807) is 17.0 Å². The summed E-state index contributed by atoms with van der Waals surface area (Å²) in [5.74, 6) is -0.392. The second-order valence-corrected chi connectivity index (χ2v) is 13.1. The van der Waals surface area contributed by atoms with E-state index in [4.69, 9.17) is 0 Å². The SMILES string of the molecule is CCCCNC(=O)[C@H](Cc1ccccc1)N(Cc1cccc(Br)c1)C(=O)CCCN(c1ccc(C)cc1)S(C)(=O)=O. The van der Waals surface area contributed by atoms with Crippen molar-refractivity contribution >= 4 is 43.5 Å². The molecule has 0 unspecified atom stereocenters. The Bertz CT molecular complexity index is 1380. The second-order valence-electron chi connectivity index (χ2n) is 10.3. The Morgan fingerprint density at radius 2 is 1.61 bits per heavy atom. The molecule has 3 aromatic carbocycles. The van der Waals surface area contributed by atoms with Crippen LogP contribution in [-0.4, -0.2) is 50.5 Å². The molecule has 0 aliphatic heterocycles. The third-order valence-corrected chi connectivity index (χ3v) is 8.50. The van der Waals surface area contributed by atoms with Gasteiger partial charge in [-0.15, -0.1) is 0 Å². The average molecular weight is 643 g/mol. The van der Waals surface area contributed by atoms with Crippen LogP contribution in [-0.2, 0) is 32.6 Å². The summed E-state index contributed by atoms with van der Waals surface area (Å²) in [4.78, 5) is 29.1. The van der Waals surface area contributed by atoms with E-state index in [2.05, 4.69) is 28.2 Å². The van der Waals surface area contributed by atoms with E-state index in [0.29, 0.717) is 25.1 Å². The summed E-state index contributed by atoms with van der Waals surface area (Å²) in [7, 11) is -3.55. The molecule has 1 N–H and O–H groups in total. The number of benzene rings is 3. The quantitative estimate of drug-likeness (QED) is 0.211.